The molecule has 0 bridgehead atoms. The van der Waals surface area contributed by atoms with E-state index in [1.54, 1.807) is 0 Å². The predicted molar refractivity (Wildman–Crippen MR) is 65.7 cm³/mol. The van der Waals surface area contributed by atoms with Gasteiger partial charge in [-0.2, -0.15) is 5.26 Å². The van der Waals surface area contributed by atoms with Crippen LogP contribution in [0.15, 0.2) is 9.64 Å². The fraction of sp³-hybridized carbons (Fsp3) is 0.700. The maximum Gasteiger partial charge on any atom is 0.276 e. The topological polar surface area (TPSA) is 96.9 Å². The molecule has 0 saturated carbocycles. The van der Waals surface area contributed by atoms with Gasteiger partial charge in [0, 0.05) is 18.6 Å². The molecular formula is C10H13N3O3S2. The summed E-state index contributed by atoms with van der Waals surface area (Å²) < 4.78 is 28.0. The van der Waals surface area contributed by atoms with E-state index in [0.29, 0.717) is 36.1 Å². The minimum atomic E-state index is -2.86. The molecule has 0 amide bonds. The van der Waals surface area contributed by atoms with Crippen LogP contribution in [0.25, 0.3) is 0 Å². The predicted octanol–water partition coefficient (Wildman–Crippen LogP) is 1.05. The van der Waals surface area contributed by atoms with E-state index in [0.717, 1.165) is 0 Å². The van der Waals surface area contributed by atoms with Gasteiger partial charge in [-0.3, -0.25) is 0 Å². The second kappa shape index (κ2) is 5.71. The van der Waals surface area contributed by atoms with Crippen molar-refractivity contribution in [2.75, 3.05) is 17.3 Å². The Morgan fingerprint density at radius 2 is 2.33 bits per heavy atom. The first-order chi connectivity index (χ1) is 8.59. The van der Waals surface area contributed by atoms with Crippen molar-refractivity contribution in [3.63, 3.8) is 0 Å². The van der Waals surface area contributed by atoms with Crippen molar-refractivity contribution in [3.8, 4) is 6.07 Å². The molecule has 18 heavy (non-hydrogen) atoms. The summed E-state index contributed by atoms with van der Waals surface area (Å²) in [6, 6.07) is 2.04. The zero-order chi connectivity index (χ0) is 13.0. The summed E-state index contributed by atoms with van der Waals surface area (Å²) in [7, 11) is -2.86. The minimum absolute atomic E-state index is 0.0902. The number of thioether (sulfide) groups is 1. The summed E-state index contributed by atoms with van der Waals surface area (Å²) in [5, 5.41) is 16.6. The lowest BCUT2D eigenvalue weighted by Crippen LogP contribution is -2.07. The van der Waals surface area contributed by atoms with Crippen molar-refractivity contribution in [1.29, 1.82) is 5.26 Å². The van der Waals surface area contributed by atoms with Gasteiger partial charge in [0.05, 0.1) is 17.6 Å². The van der Waals surface area contributed by atoms with E-state index in [-0.39, 0.29) is 17.4 Å². The Kier molecular flexibility index (Phi) is 4.24. The van der Waals surface area contributed by atoms with E-state index in [1.807, 2.05) is 6.07 Å². The first-order valence-electron chi connectivity index (χ1n) is 5.61. The number of hydrogen-bond acceptors (Lipinski definition) is 7. The molecular weight excluding hydrogens is 274 g/mol. The van der Waals surface area contributed by atoms with Gasteiger partial charge in [-0.25, -0.2) is 8.42 Å². The van der Waals surface area contributed by atoms with E-state index in [1.165, 1.54) is 11.8 Å². The van der Waals surface area contributed by atoms with Gasteiger partial charge in [0.2, 0.25) is 5.89 Å². The fourth-order valence-electron chi connectivity index (χ4n) is 1.84. The Hall–Kier alpha value is -1.07. The summed E-state index contributed by atoms with van der Waals surface area (Å²) in [6.45, 7) is 0. The van der Waals surface area contributed by atoms with Gasteiger partial charge < -0.3 is 4.42 Å². The maximum absolute atomic E-state index is 11.3. The Morgan fingerprint density at radius 1 is 1.50 bits per heavy atom. The van der Waals surface area contributed by atoms with Crippen LogP contribution in [-0.4, -0.2) is 35.9 Å². The zero-order valence-corrected chi connectivity index (χ0v) is 11.3. The molecule has 0 unspecified atom stereocenters. The normalized spacial score (nSPS) is 21.8. The molecule has 0 spiro atoms. The Bertz CT molecular complexity index is 547. The van der Waals surface area contributed by atoms with Crippen molar-refractivity contribution in [2.45, 2.75) is 24.5 Å². The average molecular weight is 287 g/mol. The van der Waals surface area contributed by atoms with Gasteiger partial charge in [-0.15, -0.1) is 10.2 Å². The van der Waals surface area contributed by atoms with Crippen LogP contribution in [-0.2, 0) is 16.3 Å². The second-order valence-corrected chi connectivity index (χ2v) is 7.47. The van der Waals surface area contributed by atoms with Crippen LogP contribution in [0.5, 0.6) is 0 Å². The Balaban J connectivity index is 1.86. The SMILES string of the molecule is N#CCCSc1nnc(C[C@@H]2CCS(=O)(=O)C2)o1. The lowest BCUT2D eigenvalue weighted by Gasteiger charge is -2.01. The van der Waals surface area contributed by atoms with Crippen LogP contribution >= 0.6 is 11.8 Å². The van der Waals surface area contributed by atoms with Gasteiger partial charge in [0.15, 0.2) is 9.84 Å². The molecule has 6 nitrogen and oxygen atoms in total. The number of aromatic nitrogens is 2. The van der Waals surface area contributed by atoms with E-state index in [9.17, 15) is 8.42 Å². The first-order valence-corrected chi connectivity index (χ1v) is 8.42. The highest BCUT2D eigenvalue weighted by molar-refractivity contribution is 7.99. The van der Waals surface area contributed by atoms with Crippen molar-refractivity contribution < 1.29 is 12.8 Å². The molecule has 1 aliphatic rings. The first kappa shape index (κ1) is 13.4. The van der Waals surface area contributed by atoms with E-state index in [4.69, 9.17) is 9.68 Å². The van der Waals surface area contributed by atoms with Crippen LogP contribution in [0.2, 0.25) is 0 Å². The molecule has 2 heterocycles. The summed E-state index contributed by atoms with van der Waals surface area (Å²) in [5.41, 5.74) is 0. The van der Waals surface area contributed by atoms with Gasteiger partial charge in [0.1, 0.15) is 0 Å². The molecule has 0 radical (unpaired) electrons. The largest absolute Gasteiger partial charge is 0.416 e. The standard InChI is InChI=1S/C10H13N3O3S2/c11-3-1-4-17-10-13-12-9(16-10)6-8-2-5-18(14,15)7-8/h8H,1-2,4-7H2/t8-/m0/s1. The summed E-state index contributed by atoms with van der Waals surface area (Å²) in [5.74, 6) is 1.67. The third kappa shape index (κ3) is 3.71. The number of sulfone groups is 1. The highest BCUT2D eigenvalue weighted by atomic mass is 32.2. The van der Waals surface area contributed by atoms with Crippen molar-refractivity contribution >= 4 is 21.6 Å². The molecule has 0 aliphatic carbocycles. The van der Waals surface area contributed by atoms with Crippen LogP contribution in [0.3, 0.4) is 0 Å². The summed E-state index contributed by atoms with van der Waals surface area (Å²) >= 11 is 1.34. The molecule has 8 heteroatoms. The molecule has 1 aromatic rings. The Morgan fingerprint density at radius 3 is 3.00 bits per heavy atom. The summed E-state index contributed by atoms with van der Waals surface area (Å²) in [4.78, 5) is 0. The maximum atomic E-state index is 11.3. The highest BCUT2D eigenvalue weighted by Gasteiger charge is 2.29. The van der Waals surface area contributed by atoms with Gasteiger partial charge in [-0.05, 0) is 12.3 Å². The highest BCUT2D eigenvalue weighted by Crippen LogP contribution is 2.24. The van der Waals surface area contributed by atoms with E-state index in [2.05, 4.69) is 10.2 Å². The number of nitrogens with zero attached hydrogens (tertiary/aromatic N) is 3. The molecule has 0 N–H and O–H groups in total. The zero-order valence-electron chi connectivity index (χ0n) is 9.70. The van der Waals surface area contributed by atoms with Gasteiger partial charge in [-0.1, -0.05) is 11.8 Å². The molecule has 0 aromatic carbocycles. The molecule has 1 aromatic heterocycles. The average Bonchev–Trinajstić information content (AvgIpc) is 2.87. The van der Waals surface area contributed by atoms with Crippen molar-refractivity contribution in [2.24, 2.45) is 5.92 Å². The third-order valence-electron chi connectivity index (χ3n) is 2.68. The summed E-state index contributed by atoms with van der Waals surface area (Å²) in [6.07, 6.45) is 1.62. The quantitative estimate of drug-likeness (QED) is 0.589. The molecule has 2 rings (SSSR count). The molecule has 1 aliphatic heterocycles. The number of rotatable bonds is 5. The molecule has 98 valence electrons. The van der Waals surface area contributed by atoms with Crippen LogP contribution in [0.4, 0.5) is 0 Å². The van der Waals surface area contributed by atoms with E-state index < -0.39 is 9.84 Å². The Labute approximate surface area is 110 Å². The molecule has 1 atom stereocenters. The minimum Gasteiger partial charge on any atom is -0.416 e. The number of hydrogen-bond donors (Lipinski definition) is 0. The van der Waals surface area contributed by atoms with Crippen LogP contribution in [0.1, 0.15) is 18.7 Å². The van der Waals surface area contributed by atoms with Crippen molar-refractivity contribution in [1.82, 2.24) is 10.2 Å². The fourth-order valence-corrected chi connectivity index (χ4v) is 4.33. The lowest BCUT2D eigenvalue weighted by molar-refractivity contribution is 0.389. The monoisotopic (exact) mass is 287 g/mol. The van der Waals surface area contributed by atoms with Gasteiger partial charge >= 0.3 is 0 Å². The smallest absolute Gasteiger partial charge is 0.276 e. The van der Waals surface area contributed by atoms with Gasteiger partial charge in [0.25, 0.3) is 5.22 Å². The van der Waals surface area contributed by atoms with Crippen LogP contribution in [0, 0.1) is 17.2 Å². The third-order valence-corrected chi connectivity index (χ3v) is 5.33. The van der Waals surface area contributed by atoms with E-state index >= 15 is 0 Å². The lowest BCUT2D eigenvalue weighted by atomic mass is 10.1. The van der Waals surface area contributed by atoms with Crippen LogP contribution < -0.4 is 0 Å². The second-order valence-electron chi connectivity index (χ2n) is 4.19. The molecule has 1 saturated heterocycles. The molecule has 1 fully saturated rings. The number of nitriles is 1. The van der Waals surface area contributed by atoms with Crippen molar-refractivity contribution in [3.05, 3.63) is 5.89 Å².